The molecule has 4 bridgehead atoms. The van der Waals surface area contributed by atoms with Gasteiger partial charge in [-0.3, -0.25) is 0 Å². The third-order valence-corrected chi connectivity index (χ3v) is 6.54. The lowest BCUT2D eigenvalue weighted by Crippen LogP contribution is -2.57. The topological polar surface area (TPSA) is 46.5 Å². The van der Waals surface area contributed by atoms with Gasteiger partial charge in [-0.25, -0.2) is 4.79 Å². The van der Waals surface area contributed by atoms with E-state index >= 15 is 0 Å². The van der Waals surface area contributed by atoms with E-state index in [2.05, 4.69) is 6.92 Å². The minimum Gasteiger partial charge on any atom is -0.464 e. The molecular weight excluding hydrogens is 252 g/mol. The highest BCUT2D eigenvalue weighted by atomic mass is 16.5. The Bertz CT molecular complexity index is 364. The van der Waals surface area contributed by atoms with E-state index in [9.17, 15) is 9.90 Å². The molecule has 0 spiro atoms. The summed E-state index contributed by atoms with van der Waals surface area (Å²) in [6, 6.07) is 0. The molecule has 4 aliphatic carbocycles. The van der Waals surface area contributed by atoms with Crippen molar-refractivity contribution in [3.8, 4) is 0 Å². The second-order valence-electron chi connectivity index (χ2n) is 7.87. The number of esters is 1. The molecule has 4 aliphatic rings. The molecule has 3 heteroatoms. The van der Waals surface area contributed by atoms with Gasteiger partial charge in [0.05, 0.1) is 6.61 Å². The van der Waals surface area contributed by atoms with Crippen LogP contribution in [0.25, 0.3) is 0 Å². The summed E-state index contributed by atoms with van der Waals surface area (Å²) in [5.41, 5.74) is -1.17. The molecular formula is C17H28O3. The monoisotopic (exact) mass is 280 g/mol. The SMILES string of the molecule is CCOC(=O)C(C)(O)C(C)C12CC3CC(CC(C3)C1)C2. The fourth-order valence-electron chi connectivity index (χ4n) is 5.76. The van der Waals surface area contributed by atoms with Crippen molar-refractivity contribution in [2.45, 2.75) is 64.9 Å². The first kappa shape index (κ1) is 14.4. The Labute approximate surface area is 122 Å². The Morgan fingerprint density at radius 1 is 1.25 bits per heavy atom. The average molecular weight is 280 g/mol. The largest absolute Gasteiger partial charge is 0.464 e. The van der Waals surface area contributed by atoms with Crippen LogP contribution in [0.4, 0.5) is 0 Å². The molecule has 0 aromatic rings. The predicted octanol–water partition coefficient (Wildman–Crippen LogP) is 3.15. The van der Waals surface area contributed by atoms with Crippen molar-refractivity contribution in [3.05, 3.63) is 0 Å². The molecule has 0 heterocycles. The van der Waals surface area contributed by atoms with Gasteiger partial charge in [0.2, 0.25) is 0 Å². The van der Waals surface area contributed by atoms with E-state index in [4.69, 9.17) is 4.74 Å². The van der Waals surface area contributed by atoms with Gasteiger partial charge in [-0.15, -0.1) is 0 Å². The van der Waals surface area contributed by atoms with E-state index in [1.54, 1.807) is 13.8 Å². The fourth-order valence-corrected chi connectivity index (χ4v) is 5.76. The lowest BCUT2D eigenvalue weighted by molar-refractivity contribution is -0.186. The van der Waals surface area contributed by atoms with E-state index in [1.807, 2.05) is 0 Å². The van der Waals surface area contributed by atoms with Crippen LogP contribution in [0.15, 0.2) is 0 Å². The Kier molecular flexibility index (Phi) is 3.39. The van der Waals surface area contributed by atoms with Crippen LogP contribution >= 0.6 is 0 Å². The number of hydrogen-bond acceptors (Lipinski definition) is 3. The van der Waals surface area contributed by atoms with Gasteiger partial charge in [0, 0.05) is 5.92 Å². The molecule has 2 unspecified atom stereocenters. The highest BCUT2D eigenvalue weighted by Crippen LogP contribution is 2.64. The molecule has 20 heavy (non-hydrogen) atoms. The van der Waals surface area contributed by atoms with Crippen LogP contribution in [0.5, 0.6) is 0 Å². The standard InChI is InChI=1S/C17H28O3/c1-4-20-15(18)16(3,19)11(2)17-8-12-5-13(9-17)7-14(6-12)10-17/h11-14,19H,4-10H2,1-3H3. The van der Waals surface area contributed by atoms with E-state index < -0.39 is 11.6 Å². The lowest BCUT2D eigenvalue weighted by atomic mass is 9.45. The summed E-state index contributed by atoms with van der Waals surface area (Å²) in [6.07, 6.45) is 7.76. The molecule has 0 radical (unpaired) electrons. The Morgan fingerprint density at radius 2 is 1.70 bits per heavy atom. The van der Waals surface area contributed by atoms with Crippen LogP contribution in [0.3, 0.4) is 0 Å². The van der Waals surface area contributed by atoms with Gasteiger partial charge < -0.3 is 9.84 Å². The molecule has 0 aromatic carbocycles. The second-order valence-corrected chi connectivity index (χ2v) is 7.87. The average Bonchev–Trinajstić information content (AvgIpc) is 2.36. The van der Waals surface area contributed by atoms with Crippen molar-refractivity contribution >= 4 is 5.97 Å². The summed E-state index contributed by atoms with van der Waals surface area (Å²) in [4.78, 5) is 12.1. The molecule has 4 saturated carbocycles. The van der Waals surface area contributed by atoms with E-state index in [1.165, 1.54) is 38.5 Å². The van der Waals surface area contributed by atoms with E-state index in [0.717, 1.165) is 17.8 Å². The van der Waals surface area contributed by atoms with Crippen LogP contribution in [-0.2, 0) is 9.53 Å². The minimum absolute atomic E-state index is 0.0116. The molecule has 114 valence electrons. The van der Waals surface area contributed by atoms with E-state index in [0.29, 0.717) is 6.61 Å². The van der Waals surface area contributed by atoms with Crippen molar-refractivity contribution in [1.82, 2.24) is 0 Å². The van der Waals surface area contributed by atoms with Gasteiger partial charge in [-0.05, 0) is 75.5 Å². The first-order valence-electron chi connectivity index (χ1n) is 8.27. The van der Waals surface area contributed by atoms with Gasteiger partial charge in [0.25, 0.3) is 0 Å². The summed E-state index contributed by atoms with van der Waals surface area (Å²) in [5, 5.41) is 10.8. The maximum absolute atomic E-state index is 12.1. The molecule has 0 saturated heterocycles. The normalized spacial score (nSPS) is 43.1. The Balaban J connectivity index is 1.82. The number of carbonyl (C=O) groups excluding carboxylic acids is 1. The zero-order valence-electron chi connectivity index (χ0n) is 13.0. The summed E-state index contributed by atoms with van der Waals surface area (Å²) in [7, 11) is 0. The second kappa shape index (κ2) is 4.72. The molecule has 1 N–H and O–H groups in total. The fraction of sp³-hybridized carbons (Fsp3) is 0.941. The summed E-state index contributed by atoms with van der Waals surface area (Å²) < 4.78 is 5.10. The van der Waals surface area contributed by atoms with Crippen LogP contribution in [0, 0.1) is 29.1 Å². The van der Waals surface area contributed by atoms with Gasteiger partial charge in [-0.2, -0.15) is 0 Å². The number of aliphatic hydroxyl groups is 1. The van der Waals surface area contributed by atoms with Crippen molar-refractivity contribution in [2.75, 3.05) is 6.61 Å². The number of ether oxygens (including phenoxy) is 1. The molecule has 4 fully saturated rings. The first-order chi connectivity index (χ1) is 9.37. The van der Waals surface area contributed by atoms with Crippen LogP contribution in [0.2, 0.25) is 0 Å². The summed E-state index contributed by atoms with van der Waals surface area (Å²) in [6.45, 7) is 5.87. The predicted molar refractivity (Wildman–Crippen MR) is 77.0 cm³/mol. The van der Waals surface area contributed by atoms with E-state index in [-0.39, 0.29) is 11.3 Å². The van der Waals surface area contributed by atoms with Crippen molar-refractivity contribution < 1.29 is 14.6 Å². The van der Waals surface area contributed by atoms with Gasteiger partial charge >= 0.3 is 5.97 Å². The highest BCUT2D eigenvalue weighted by Gasteiger charge is 2.58. The third kappa shape index (κ3) is 2.09. The molecule has 0 aliphatic heterocycles. The van der Waals surface area contributed by atoms with Crippen molar-refractivity contribution in [1.29, 1.82) is 0 Å². The van der Waals surface area contributed by atoms with Gasteiger partial charge in [0.1, 0.15) is 0 Å². The van der Waals surface area contributed by atoms with Gasteiger partial charge in [0.15, 0.2) is 5.60 Å². The zero-order chi connectivity index (χ0) is 14.5. The molecule has 4 rings (SSSR count). The van der Waals surface area contributed by atoms with Crippen molar-refractivity contribution in [2.24, 2.45) is 29.1 Å². The smallest absolute Gasteiger partial charge is 0.338 e. The zero-order valence-corrected chi connectivity index (χ0v) is 13.0. The van der Waals surface area contributed by atoms with Crippen LogP contribution in [0.1, 0.15) is 59.3 Å². The van der Waals surface area contributed by atoms with Crippen molar-refractivity contribution in [3.63, 3.8) is 0 Å². The Morgan fingerprint density at radius 3 is 2.10 bits per heavy atom. The lowest BCUT2D eigenvalue weighted by Gasteiger charge is -2.60. The summed E-state index contributed by atoms with van der Waals surface area (Å²) in [5.74, 6) is 2.05. The third-order valence-electron chi connectivity index (χ3n) is 6.54. The minimum atomic E-state index is -1.35. The number of rotatable bonds is 4. The summed E-state index contributed by atoms with van der Waals surface area (Å²) >= 11 is 0. The number of hydrogen-bond donors (Lipinski definition) is 1. The first-order valence-corrected chi connectivity index (χ1v) is 8.27. The maximum Gasteiger partial charge on any atom is 0.338 e. The molecule has 0 aromatic heterocycles. The Hall–Kier alpha value is -0.570. The molecule has 3 nitrogen and oxygen atoms in total. The molecule has 0 amide bonds. The van der Waals surface area contributed by atoms with Gasteiger partial charge in [-0.1, -0.05) is 6.92 Å². The maximum atomic E-state index is 12.1. The highest BCUT2D eigenvalue weighted by molar-refractivity contribution is 5.79. The quantitative estimate of drug-likeness (QED) is 0.805. The number of carbonyl (C=O) groups is 1. The van der Waals surface area contributed by atoms with Crippen LogP contribution < -0.4 is 0 Å². The van der Waals surface area contributed by atoms with Crippen LogP contribution in [-0.4, -0.2) is 23.3 Å². The molecule has 2 atom stereocenters.